The van der Waals surface area contributed by atoms with Crippen molar-refractivity contribution in [2.75, 3.05) is 11.9 Å². The molecule has 0 aliphatic rings. The molecule has 10 heteroatoms. The fourth-order valence-corrected chi connectivity index (χ4v) is 3.55. The van der Waals surface area contributed by atoms with Crippen LogP contribution in [-0.4, -0.2) is 32.9 Å². The maximum Gasteiger partial charge on any atom is 0.338 e. The Bertz CT molecular complexity index is 1080. The first-order chi connectivity index (χ1) is 13.6. The number of anilines is 1. The average Bonchev–Trinajstić information content (AvgIpc) is 2.68. The minimum absolute atomic E-state index is 0.0437. The van der Waals surface area contributed by atoms with Crippen LogP contribution in [0, 0.1) is 12.3 Å². The van der Waals surface area contributed by atoms with Crippen molar-refractivity contribution in [1.82, 2.24) is 4.72 Å². The number of carbonyl (C=O) groups is 2. The van der Waals surface area contributed by atoms with Crippen molar-refractivity contribution >= 4 is 50.8 Å². The number of ether oxygens (including phenoxy) is 1. The summed E-state index contributed by atoms with van der Waals surface area (Å²) >= 11 is 11.8. The molecule has 0 aromatic heterocycles. The minimum atomic E-state index is -3.88. The number of amides is 1. The van der Waals surface area contributed by atoms with Crippen LogP contribution < -0.4 is 10.0 Å². The molecule has 0 heterocycles. The van der Waals surface area contributed by atoms with Crippen molar-refractivity contribution in [3.63, 3.8) is 0 Å². The van der Waals surface area contributed by atoms with E-state index in [2.05, 4.69) is 16.0 Å². The van der Waals surface area contributed by atoms with Gasteiger partial charge >= 0.3 is 5.97 Å². The molecule has 7 nitrogen and oxygen atoms in total. The third kappa shape index (κ3) is 6.21. The second kappa shape index (κ2) is 9.76. The van der Waals surface area contributed by atoms with Gasteiger partial charge in [-0.15, -0.1) is 6.42 Å². The van der Waals surface area contributed by atoms with Crippen LogP contribution in [0.15, 0.2) is 47.4 Å². The van der Waals surface area contributed by atoms with Gasteiger partial charge in [-0.2, -0.15) is 4.72 Å². The summed E-state index contributed by atoms with van der Waals surface area (Å²) in [4.78, 5) is 24.4. The molecule has 1 atom stereocenters. The van der Waals surface area contributed by atoms with Gasteiger partial charge in [-0.25, -0.2) is 13.2 Å². The lowest BCUT2D eigenvalue weighted by Gasteiger charge is -2.14. The van der Waals surface area contributed by atoms with Gasteiger partial charge in [-0.3, -0.25) is 4.79 Å². The molecule has 152 valence electrons. The van der Waals surface area contributed by atoms with Crippen LogP contribution in [-0.2, 0) is 19.6 Å². The zero-order chi connectivity index (χ0) is 21.6. The maximum absolute atomic E-state index is 12.3. The molecule has 29 heavy (non-hydrogen) atoms. The number of esters is 1. The van der Waals surface area contributed by atoms with Crippen LogP contribution in [0.1, 0.15) is 17.3 Å². The monoisotopic (exact) mass is 454 g/mol. The van der Waals surface area contributed by atoms with Gasteiger partial charge in [-0.1, -0.05) is 35.2 Å². The molecule has 0 aliphatic heterocycles. The molecule has 1 amide bonds. The molecule has 0 radical (unpaired) electrons. The van der Waals surface area contributed by atoms with E-state index < -0.39 is 28.0 Å². The van der Waals surface area contributed by atoms with Gasteiger partial charge in [0.15, 0.2) is 6.10 Å². The summed E-state index contributed by atoms with van der Waals surface area (Å²) in [5.41, 5.74) is 0.259. The van der Waals surface area contributed by atoms with Gasteiger partial charge in [-0.05, 0) is 43.3 Å². The summed E-state index contributed by atoms with van der Waals surface area (Å²) in [7, 11) is -3.88. The van der Waals surface area contributed by atoms with Crippen molar-refractivity contribution in [2.24, 2.45) is 0 Å². The Labute approximate surface area is 178 Å². The van der Waals surface area contributed by atoms with Gasteiger partial charge in [0.25, 0.3) is 5.91 Å². The standard InChI is InChI=1S/C19H16Cl2N2O5S/c1-3-9-22-29(26,27)15-6-4-5-13(10-15)19(25)28-12(2)18(24)23-17-8-7-14(20)11-16(17)21/h1,4-8,10-12,22H,9H2,2H3,(H,23,24). The van der Waals surface area contributed by atoms with E-state index in [9.17, 15) is 18.0 Å². The largest absolute Gasteiger partial charge is 0.449 e. The number of halogens is 2. The van der Waals surface area contributed by atoms with E-state index in [0.717, 1.165) is 6.07 Å². The van der Waals surface area contributed by atoms with Crippen LogP contribution in [0.5, 0.6) is 0 Å². The lowest BCUT2D eigenvalue weighted by Crippen LogP contribution is -2.30. The zero-order valence-corrected chi connectivity index (χ0v) is 17.4. The Morgan fingerprint density at radius 2 is 1.93 bits per heavy atom. The van der Waals surface area contributed by atoms with E-state index in [1.54, 1.807) is 6.07 Å². The van der Waals surface area contributed by atoms with E-state index in [4.69, 9.17) is 34.4 Å². The Kier molecular flexibility index (Phi) is 7.65. The van der Waals surface area contributed by atoms with E-state index >= 15 is 0 Å². The molecule has 0 fully saturated rings. The quantitative estimate of drug-likeness (QED) is 0.494. The lowest BCUT2D eigenvalue weighted by molar-refractivity contribution is -0.123. The summed E-state index contributed by atoms with van der Waals surface area (Å²) in [5, 5.41) is 3.15. The minimum Gasteiger partial charge on any atom is -0.449 e. The summed E-state index contributed by atoms with van der Waals surface area (Å²) in [6.07, 6.45) is 3.87. The number of terminal acetylenes is 1. The highest BCUT2D eigenvalue weighted by Crippen LogP contribution is 2.25. The van der Waals surface area contributed by atoms with Crippen molar-refractivity contribution in [1.29, 1.82) is 0 Å². The molecule has 0 spiro atoms. The van der Waals surface area contributed by atoms with Crippen LogP contribution >= 0.6 is 23.2 Å². The van der Waals surface area contributed by atoms with Crippen molar-refractivity contribution in [3.05, 3.63) is 58.1 Å². The first-order valence-electron chi connectivity index (χ1n) is 8.14. The molecular weight excluding hydrogens is 439 g/mol. The van der Waals surface area contributed by atoms with Crippen LogP contribution in [0.2, 0.25) is 10.0 Å². The second-order valence-electron chi connectivity index (χ2n) is 5.72. The van der Waals surface area contributed by atoms with E-state index in [0.29, 0.717) is 10.7 Å². The van der Waals surface area contributed by atoms with Crippen molar-refractivity contribution < 1.29 is 22.7 Å². The third-order valence-corrected chi connectivity index (χ3v) is 5.53. The van der Waals surface area contributed by atoms with Gasteiger partial charge in [0.2, 0.25) is 10.0 Å². The lowest BCUT2D eigenvalue weighted by atomic mass is 10.2. The molecule has 0 saturated heterocycles. The molecule has 2 aromatic carbocycles. The number of nitrogens with one attached hydrogen (secondary N) is 2. The summed E-state index contributed by atoms with van der Waals surface area (Å²) in [6, 6.07) is 9.67. The fourth-order valence-electron chi connectivity index (χ4n) is 2.12. The Morgan fingerprint density at radius 3 is 2.59 bits per heavy atom. The first kappa shape index (κ1) is 22.7. The smallest absolute Gasteiger partial charge is 0.338 e. The van der Waals surface area contributed by atoms with Gasteiger partial charge < -0.3 is 10.1 Å². The second-order valence-corrected chi connectivity index (χ2v) is 8.33. The molecule has 2 rings (SSSR count). The fraction of sp³-hybridized carbons (Fsp3) is 0.158. The predicted molar refractivity (Wildman–Crippen MR) is 110 cm³/mol. The average molecular weight is 455 g/mol. The summed E-state index contributed by atoms with van der Waals surface area (Å²) in [5.74, 6) is 0.659. The van der Waals surface area contributed by atoms with E-state index in [-0.39, 0.29) is 22.0 Å². The number of benzene rings is 2. The topological polar surface area (TPSA) is 102 Å². The summed E-state index contributed by atoms with van der Waals surface area (Å²) in [6.45, 7) is 1.17. The van der Waals surface area contributed by atoms with Crippen molar-refractivity contribution in [2.45, 2.75) is 17.9 Å². The van der Waals surface area contributed by atoms with Crippen molar-refractivity contribution in [3.8, 4) is 12.3 Å². The Hall–Kier alpha value is -2.57. The van der Waals surface area contributed by atoms with E-state index in [1.165, 1.54) is 37.3 Å². The van der Waals surface area contributed by atoms with Crippen LogP contribution in [0.4, 0.5) is 5.69 Å². The SMILES string of the molecule is C#CCNS(=O)(=O)c1cccc(C(=O)OC(C)C(=O)Nc2ccc(Cl)cc2Cl)c1. The van der Waals surface area contributed by atoms with E-state index in [1.807, 2.05) is 0 Å². The number of rotatable bonds is 7. The molecule has 1 unspecified atom stereocenters. The normalized spacial score (nSPS) is 11.9. The predicted octanol–water partition coefficient (Wildman–Crippen LogP) is 3.09. The highest BCUT2D eigenvalue weighted by atomic mass is 35.5. The number of sulfonamides is 1. The first-order valence-corrected chi connectivity index (χ1v) is 10.4. The van der Waals surface area contributed by atoms with Crippen LogP contribution in [0.25, 0.3) is 0 Å². The molecule has 0 bridgehead atoms. The Morgan fingerprint density at radius 1 is 1.21 bits per heavy atom. The van der Waals surface area contributed by atoms with Crippen LogP contribution in [0.3, 0.4) is 0 Å². The Balaban J connectivity index is 2.08. The molecule has 0 saturated carbocycles. The number of hydrogen-bond donors (Lipinski definition) is 2. The third-order valence-electron chi connectivity index (χ3n) is 3.59. The number of carbonyl (C=O) groups excluding carboxylic acids is 2. The molecular formula is C19H16Cl2N2O5S. The summed E-state index contributed by atoms with van der Waals surface area (Å²) < 4.78 is 31.5. The van der Waals surface area contributed by atoms with Gasteiger partial charge in [0, 0.05) is 5.02 Å². The maximum atomic E-state index is 12.3. The zero-order valence-electron chi connectivity index (χ0n) is 15.1. The molecule has 2 N–H and O–H groups in total. The molecule has 2 aromatic rings. The highest BCUT2D eigenvalue weighted by Gasteiger charge is 2.21. The highest BCUT2D eigenvalue weighted by molar-refractivity contribution is 7.89. The molecule has 0 aliphatic carbocycles. The van der Waals surface area contributed by atoms with Gasteiger partial charge in [0.1, 0.15) is 0 Å². The van der Waals surface area contributed by atoms with Gasteiger partial charge in [0.05, 0.1) is 27.7 Å². The number of hydrogen-bond acceptors (Lipinski definition) is 5.